The van der Waals surface area contributed by atoms with Crippen LogP contribution in [0.25, 0.3) is 0 Å². The Morgan fingerprint density at radius 2 is 2.07 bits per heavy atom. The summed E-state index contributed by atoms with van der Waals surface area (Å²) in [5.74, 6) is -0.835. The molecule has 0 spiro atoms. The fraction of sp³-hybridized carbons (Fsp3) is 0.391. The van der Waals surface area contributed by atoms with Gasteiger partial charge < -0.3 is 15.1 Å². The van der Waals surface area contributed by atoms with E-state index in [2.05, 4.69) is 38.3 Å². The lowest BCUT2D eigenvalue weighted by Gasteiger charge is -2.20. The van der Waals surface area contributed by atoms with Gasteiger partial charge in [0.25, 0.3) is 0 Å². The molecule has 0 aliphatic carbocycles. The molecule has 158 valence electrons. The summed E-state index contributed by atoms with van der Waals surface area (Å²) in [7, 11) is 0. The van der Waals surface area contributed by atoms with Crippen LogP contribution in [0.4, 0.5) is 15.8 Å². The van der Waals surface area contributed by atoms with Crippen LogP contribution in [-0.2, 0) is 9.59 Å². The second-order valence-electron chi connectivity index (χ2n) is 8.19. The van der Waals surface area contributed by atoms with E-state index in [1.54, 1.807) is 19.1 Å². The molecule has 0 saturated carbocycles. The molecular weight excluding hydrogens is 449 g/mol. The molecule has 4 rings (SSSR count). The second kappa shape index (κ2) is 8.76. The third-order valence-corrected chi connectivity index (χ3v) is 6.41. The lowest BCUT2D eigenvalue weighted by atomic mass is 10.1. The van der Waals surface area contributed by atoms with Crippen molar-refractivity contribution >= 4 is 39.1 Å². The standard InChI is InChI=1S/C23H25BrFN3O2/c1-15-5-6-21(20(25)9-15)28-14-17(10-22(28)29)23(30)26-12-16-7-8-27(13-16)19-4-2-3-18(24)11-19/h2-6,9,11,16-17H,7-8,10,12-14H2,1H3,(H,26,30). The van der Waals surface area contributed by atoms with Gasteiger partial charge in [-0.15, -0.1) is 0 Å². The van der Waals surface area contributed by atoms with Gasteiger partial charge in [0.15, 0.2) is 0 Å². The van der Waals surface area contributed by atoms with E-state index in [-0.39, 0.29) is 30.5 Å². The number of amides is 2. The average Bonchev–Trinajstić information content (AvgIpc) is 3.33. The number of hydrogen-bond acceptors (Lipinski definition) is 3. The Morgan fingerprint density at radius 3 is 2.83 bits per heavy atom. The molecule has 1 N–H and O–H groups in total. The van der Waals surface area contributed by atoms with Crippen LogP contribution in [-0.4, -0.2) is 38.0 Å². The van der Waals surface area contributed by atoms with Gasteiger partial charge in [-0.1, -0.05) is 28.1 Å². The zero-order valence-electron chi connectivity index (χ0n) is 16.9. The maximum absolute atomic E-state index is 14.3. The molecule has 30 heavy (non-hydrogen) atoms. The van der Waals surface area contributed by atoms with E-state index in [4.69, 9.17) is 0 Å². The van der Waals surface area contributed by atoms with E-state index in [0.29, 0.717) is 12.5 Å². The Labute approximate surface area is 184 Å². The fourth-order valence-corrected chi connectivity index (χ4v) is 4.63. The summed E-state index contributed by atoms with van der Waals surface area (Å²) >= 11 is 3.51. The molecule has 2 unspecified atom stereocenters. The van der Waals surface area contributed by atoms with Gasteiger partial charge in [0.2, 0.25) is 11.8 Å². The SMILES string of the molecule is Cc1ccc(N2CC(C(=O)NCC3CCN(c4cccc(Br)c4)C3)CC2=O)c(F)c1. The number of nitrogens with zero attached hydrogens (tertiary/aromatic N) is 2. The lowest BCUT2D eigenvalue weighted by Crippen LogP contribution is -2.36. The summed E-state index contributed by atoms with van der Waals surface area (Å²) in [5, 5.41) is 3.02. The van der Waals surface area contributed by atoms with E-state index < -0.39 is 11.7 Å². The number of carbonyl (C=O) groups excluding carboxylic acids is 2. The van der Waals surface area contributed by atoms with Crippen molar-refractivity contribution in [3.05, 3.63) is 58.3 Å². The van der Waals surface area contributed by atoms with E-state index in [0.717, 1.165) is 29.5 Å². The topological polar surface area (TPSA) is 52.7 Å². The van der Waals surface area contributed by atoms with Gasteiger partial charge in [-0.2, -0.15) is 0 Å². The Morgan fingerprint density at radius 1 is 1.23 bits per heavy atom. The van der Waals surface area contributed by atoms with Gasteiger partial charge in [0, 0.05) is 42.8 Å². The van der Waals surface area contributed by atoms with Gasteiger partial charge >= 0.3 is 0 Å². The molecule has 2 aromatic carbocycles. The molecule has 2 aliphatic rings. The number of carbonyl (C=O) groups is 2. The molecule has 7 heteroatoms. The average molecular weight is 474 g/mol. The maximum atomic E-state index is 14.3. The van der Waals surface area contributed by atoms with Crippen LogP contribution < -0.4 is 15.1 Å². The smallest absolute Gasteiger partial charge is 0.227 e. The number of benzene rings is 2. The molecule has 2 fully saturated rings. The number of hydrogen-bond donors (Lipinski definition) is 1. The van der Waals surface area contributed by atoms with Crippen molar-refractivity contribution in [2.24, 2.45) is 11.8 Å². The first-order valence-corrected chi connectivity index (χ1v) is 11.0. The first-order chi connectivity index (χ1) is 14.4. The summed E-state index contributed by atoms with van der Waals surface area (Å²) in [4.78, 5) is 28.8. The minimum Gasteiger partial charge on any atom is -0.371 e. The van der Waals surface area contributed by atoms with Gasteiger partial charge in [-0.05, 0) is 55.2 Å². The zero-order chi connectivity index (χ0) is 21.3. The highest BCUT2D eigenvalue weighted by molar-refractivity contribution is 9.10. The Bertz CT molecular complexity index is 967. The normalized spacial score (nSPS) is 21.4. The minimum atomic E-state index is -0.444. The Balaban J connectivity index is 1.30. The van der Waals surface area contributed by atoms with Crippen molar-refractivity contribution in [1.29, 1.82) is 0 Å². The number of anilines is 2. The summed E-state index contributed by atoms with van der Waals surface area (Å²) in [6, 6.07) is 13.0. The van der Waals surface area contributed by atoms with Gasteiger partial charge in [0.1, 0.15) is 5.82 Å². The fourth-order valence-electron chi connectivity index (χ4n) is 4.24. The van der Waals surface area contributed by atoms with Crippen LogP contribution >= 0.6 is 15.9 Å². The van der Waals surface area contributed by atoms with Gasteiger partial charge in [-0.3, -0.25) is 9.59 Å². The highest BCUT2D eigenvalue weighted by atomic mass is 79.9. The first kappa shape index (κ1) is 20.8. The summed E-state index contributed by atoms with van der Waals surface area (Å²) < 4.78 is 15.3. The van der Waals surface area contributed by atoms with Crippen LogP contribution in [0.2, 0.25) is 0 Å². The zero-order valence-corrected chi connectivity index (χ0v) is 18.5. The number of halogens is 2. The molecule has 0 radical (unpaired) electrons. The van der Waals surface area contributed by atoms with Gasteiger partial charge in [-0.25, -0.2) is 4.39 Å². The predicted octanol–water partition coefficient (Wildman–Crippen LogP) is 3.89. The molecule has 2 amide bonds. The van der Waals surface area contributed by atoms with Crippen LogP contribution in [0.15, 0.2) is 46.9 Å². The quantitative estimate of drug-likeness (QED) is 0.716. The summed E-state index contributed by atoms with van der Waals surface area (Å²) in [6.07, 6.45) is 1.13. The van der Waals surface area contributed by atoms with Crippen LogP contribution in [0.5, 0.6) is 0 Å². The van der Waals surface area contributed by atoms with Crippen molar-refractivity contribution in [1.82, 2.24) is 5.32 Å². The van der Waals surface area contributed by atoms with Crippen molar-refractivity contribution in [2.75, 3.05) is 36.0 Å². The molecule has 2 heterocycles. The molecule has 0 bridgehead atoms. The van der Waals surface area contributed by atoms with Crippen LogP contribution in [0.3, 0.4) is 0 Å². The van der Waals surface area contributed by atoms with Crippen molar-refractivity contribution < 1.29 is 14.0 Å². The lowest BCUT2D eigenvalue weighted by molar-refractivity contribution is -0.126. The van der Waals surface area contributed by atoms with Crippen molar-refractivity contribution in [3.63, 3.8) is 0 Å². The van der Waals surface area contributed by atoms with E-state index >= 15 is 0 Å². The van der Waals surface area contributed by atoms with Gasteiger partial charge in [0.05, 0.1) is 11.6 Å². The number of aryl methyl sites for hydroxylation is 1. The second-order valence-corrected chi connectivity index (χ2v) is 9.10. The van der Waals surface area contributed by atoms with E-state index in [1.807, 2.05) is 12.1 Å². The van der Waals surface area contributed by atoms with Crippen molar-refractivity contribution in [2.45, 2.75) is 19.8 Å². The Hall–Kier alpha value is -2.41. The van der Waals surface area contributed by atoms with E-state index in [9.17, 15) is 14.0 Å². The number of nitrogens with one attached hydrogen (secondary N) is 1. The highest BCUT2D eigenvalue weighted by Gasteiger charge is 2.36. The van der Waals surface area contributed by atoms with E-state index in [1.165, 1.54) is 16.7 Å². The molecular formula is C23H25BrFN3O2. The third kappa shape index (κ3) is 4.51. The van der Waals surface area contributed by atoms with Crippen LogP contribution in [0.1, 0.15) is 18.4 Å². The molecule has 5 nitrogen and oxygen atoms in total. The molecule has 2 saturated heterocycles. The number of rotatable bonds is 5. The molecule has 2 atom stereocenters. The Kier molecular flexibility index (Phi) is 6.09. The highest BCUT2D eigenvalue weighted by Crippen LogP contribution is 2.29. The summed E-state index contributed by atoms with van der Waals surface area (Å²) in [5.41, 5.74) is 2.22. The van der Waals surface area contributed by atoms with Crippen LogP contribution in [0, 0.1) is 24.6 Å². The summed E-state index contributed by atoms with van der Waals surface area (Å²) in [6.45, 7) is 4.46. The molecule has 2 aromatic rings. The monoisotopic (exact) mass is 473 g/mol. The maximum Gasteiger partial charge on any atom is 0.227 e. The first-order valence-electron chi connectivity index (χ1n) is 10.3. The molecule has 2 aliphatic heterocycles. The van der Waals surface area contributed by atoms with Crippen molar-refractivity contribution in [3.8, 4) is 0 Å². The minimum absolute atomic E-state index is 0.119. The largest absolute Gasteiger partial charge is 0.371 e. The predicted molar refractivity (Wildman–Crippen MR) is 119 cm³/mol. The third-order valence-electron chi connectivity index (χ3n) is 5.91. The molecule has 0 aromatic heterocycles.